The SMILES string of the molecule is CCCCN(C(=O)C=Cc1ccccc1C)C(Cc1ccccc1CN1CCCCC1)c1nc2ccccc2[nH]1. The van der Waals surface area contributed by atoms with Gasteiger partial charge >= 0.3 is 0 Å². The molecule has 5 nitrogen and oxygen atoms in total. The number of aryl methyl sites for hydroxylation is 1. The van der Waals surface area contributed by atoms with Gasteiger partial charge in [0.05, 0.1) is 17.1 Å². The summed E-state index contributed by atoms with van der Waals surface area (Å²) in [5, 5.41) is 0. The van der Waals surface area contributed by atoms with Gasteiger partial charge in [-0.25, -0.2) is 4.98 Å². The van der Waals surface area contributed by atoms with E-state index < -0.39 is 0 Å². The van der Waals surface area contributed by atoms with Crippen molar-refractivity contribution in [2.45, 2.75) is 65.0 Å². The Kier molecular flexibility index (Phi) is 9.46. The third-order valence-corrected chi connectivity index (χ3v) is 8.10. The lowest BCUT2D eigenvalue weighted by atomic mass is 9.97. The molecule has 208 valence electrons. The van der Waals surface area contributed by atoms with E-state index in [1.54, 1.807) is 6.08 Å². The number of rotatable bonds is 11. The maximum Gasteiger partial charge on any atom is 0.247 e. The molecule has 1 aromatic heterocycles. The molecule has 5 rings (SSSR count). The smallest absolute Gasteiger partial charge is 0.247 e. The molecule has 0 spiro atoms. The highest BCUT2D eigenvalue weighted by Crippen LogP contribution is 2.29. The van der Waals surface area contributed by atoms with Crippen LogP contribution in [0.4, 0.5) is 0 Å². The number of unbranched alkanes of at least 4 members (excludes halogenated alkanes) is 1. The summed E-state index contributed by atoms with van der Waals surface area (Å²) >= 11 is 0. The number of likely N-dealkylation sites (tertiary alicyclic amines) is 1. The second-order valence-corrected chi connectivity index (χ2v) is 11.0. The summed E-state index contributed by atoms with van der Waals surface area (Å²) in [5.74, 6) is 0.874. The topological polar surface area (TPSA) is 52.2 Å². The zero-order valence-electron chi connectivity index (χ0n) is 24.0. The molecule has 3 aromatic carbocycles. The first-order valence-corrected chi connectivity index (χ1v) is 14.9. The van der Waals surface area contributed by atoms with Crippen LogP contribution in [0.5, 0.6) is 0 Å². The largest absolute Gasteiger partial charge is 0.340 e. The van der Waals surface area contributed by atoms with Gasteiger partial charge < -0.3 is 9.88 Å². The number of H-pyrrole nitrogens is 1. The second-order valence-electron chi connectivity index (χ2n) is 11.0. The number of imidazole rings is 1. The van der Waals surface area contributed by atoms with Crippen LogP contribution in [0.25, 0.3) is 17.1 Å². The van der Waals surface area contributed by atoms with Crippen LogP contribution in [-0.4, -0.2) is 45.3 Å². The number of nitrogens with zero attached hydrogens (tertiary/aromatic N) is 3. The summed E-state index contributed by atoms with van der Waals surface area (Å²) in [6.45, 7) is 8.21. The van der Waals surface area contributed by atoms with Crippen molar-refractivity contribution in [2.24, 2.45) is 0 Å². The van der Waals surface area contributed by atoms with E-state index in [0.717, 1.165) is 66.9 Å². The predicted molar refractivity (Wildman–Crippen MR) is 165 cm³/mol. The minimum atomic E-state index is -0.199. The summed E-state index contributed by atoms with van der Waals surface area (Å²) in [6.07, 6.45) is 10.3. The van der Waals surface area contributed by atoms with Crippen LogP contribution in [0.3, 0.4) is 0 Å². The van der Waals surface area contributed by atoms with Gasteiger partial charge in [-0.05, 0) is 79.7 Å². The molecule has 2 heterocycles. The molecule has 1 aliphatic heterocycles. The number of carbonyl (C=O) groups is 1. The van der Waals surface area contributed by atoms with Crippen molar-refractivity contribution in [3.63, 3.8) is 0 Å². The van der Waals surface area contributed by atoms with Gasteiger partial charge in [0.15, 0.2) is 0 Å². The number of amides is 1. The zero-order valence-corrected chi connectivity index (χ0v) is 24.0. The fourth-order valence-electron chi connectivity index (χ4n) is 5.74. The molecular weight excluding hydrogens is 492 g/mol. The maximum atomic E-state index is 13.9. The Labute approximate surface area is 238 Å². The quantitative estimate of drug-likeness (QED) is 0.203. The third kappa shape index (κ3) is 6.89. The summed E-state index contributed by atoms with van der Waals surface area (Å²) < 4.78 is 0. The highest BCUT2D eigenvalue weighted by molar-refractivity contribution is 5.92. The molecule has 1 atom stereocenters. The number of para-hydroxylation sites is 2. The van der Waals surface area contributed by atoms with Gasteiger partial charge in [-0.2, -0.15) is 0 Å². The van der Waals surface area contributed by atoms with Crippen molar-refractivity contribution in [2.75, 3.05) is 19.6 Å². The first-order valence-electron chi connectivity index (χ1n) is 14.9. The summed E-state index contributed by atoms with van der Waals surface area (Å²) in [4.78, 5) is 27.1. The average molecular weight is 535 g/mol. The fraction of sp³-hybridized carbons (Fsp3) is 0.371. The standard InChI is InChI=1S/C35H42N4O/c1-3-4-24-39(34(40)21-20-28-15-7-6-14-27(28)2)33(35-36-31-18-10-11-19-32(31)37-35)25-29-16-8-9-17-30(29)26-38-22-12-5-13-23-38/h6-11,14-21,33H,3-5,12-13,22-26H2,1-2H3,(H,36,37). The van der Waals surface area contributed by atoms with Crippen LogP contribution in [-0.2, 0) is 17.8 Å². The monoisotopic (exact) mass is 534 g/mol. The van der Waals surface area contributed by atoms with E-state index in [1.807, 2.05) is 41.3 Å². The number of fused-ring (bicyclic) bond motifs is 1. The molecule has 0 bridgehead atoms. The lowest BCUT2D eigenvalue weighted by Gasteiger charge is -2.31. The highest BCUT2D eigenvalue weighted by atomic mass is 16.2. The summed E-state index contributed by atoms with van der Waals surface area (Å²) in [6, 6.07) is 24.9. The Hall–Kier alpha value is -3.70. The van der Waals surface area contributed by atoms with Crippen LogP contribution in [0.15, 0.2) is 78.9 Å². The second kappa shape index (κ2) is 13.6. The number of aromatic amines is 1. The molecule has 0 radical (unpaired) electrons. The van der Waals surface area contributed by atoms with Crippen molar-refractivity contribution in [1.29, 1.82) is 0 Å². The Morgan fingerprint density at radius 1 is 0.975 bits per heavy atom. The highest BCUT2D eigenvalue weighted by Gasteiger charge is 2.28. The molecule has 0 aliphatic carbocycles. The number of hydrogen-bond donors (Lipinski definition) is 1. The van der Waals surface area contributed by atoms with E-state index in [4.69, 9.17) is 4.98 Å². The van der Waals surface area contributed by atoms with Gasteiger partial charge in [0.2, 0.25) is 5.91 Å². The van der Waals surface area contributed by atoms with Crippen LogP contribution in [0, 0.1) is 6.92 Å². The molecule has 1 N–H and O–H groups in total. The van der Waals surface area contributed by atoms with Gasteiger partial charge in [0.1, 0.15) is 5.82 Å². The molecule has 1 amide bonds. The minimum Gasteiger partial charge on any atom is -0.340 e. The molecule has 1 aliphatic rings. The van der Waals surface area contributed by atoms with Crippen molar-refractivity contribution in [1.82, 2.24) is 19.8 Å². The maximum absolute atomic E-state index is 13.9. The molecule has 0 saturated carbocycles. The average Bonchev–Trinajstić information content (AvgIpc) is 3.42. The van der Waals surface area contributed by atoms with Gasteiger partial charge in [-0.15, -0.1) is 0 Å². The lowest BCUT2D eigenvalue weighted by Crippen LogP contribution is -2.37. The van der Waals surface area contributed by atoms with Crippen molar-refractivity contribution >= 4 is 23.0 Å². The van der Waals surface area contributed by atoms with Gasteiger partial charge in [-0.1, -0.05) is 80.4 Å². The Balaban J connectivity index is 1.50. The zero-order chi connectivity index (χ0) is 27.7. The molecular formula is C35H42N4O. The van der Waals surface area contributed by atoms with Crippen molar-refractivity contribution < 1.29 is 4.79 Å². The summed E-state index contributed by atoms with van der Waals surface area (Å²) in [5.41, 5.74) is 6.80. The number of hydrogen-bond acceptors (Lipinski definition) is 3. The first-order chi connectivity index (χ1) is 19.6. The number of piperidine rings is 1. The first kappa shape index (κ1) is 27.9. The molecule has 4 aromatic rings. The minimum absolute atomic E-state index is 0.0238. The van der Waals surface area contributed by atoms with E-state index in [0.29, 0.717) is 6.54 Å². The number of carbonyl (C=O) groups excluding carboxylic acids is 1. The van der Waals surface area contributed by atoms with Gasteiger partial charge in [0.25, 0.3) is 0 Å². The normalized spacial score (nSPS) is 15.1. The van der Waals surface area contributed by atoms with Gasteiger partial charge in [-0.3, -0.25) is 9.69 Å². The predicted octanol–water partition coefficient (Wildman–Crippen LogP) is 7.48. The fourth-order valence-corrected chi connectivity index (χ4v) is 5.74. The van der Waals surface area contributed by atoms with Crippen LogP contribution < -0.4 is 0 Å². The van der Waals surface area contributed by atoms with Crippen molar-refractivity contribution in [3.8, 4) is 0 Å². The molecule has 5 heteroatoms. The van der Waals surface area contributed by atoms with Crippen LogP contribution >= 0.6 is 0 Å². The van der Waals surface area contributed by atoms with Crippen LogP contribution in [0.1, 0.15) is 73.1 Å². The van der Waals surface area contributed by atoms with E-state index in [1.165, 1.54) is 30.4 Å². The molecule has 40 heavy (non-hydrogen) atoms. The Morgan fingerprint density at radius 3 is 2.48 bits per heavy atom. The number of benzene rings is 3. The molecule has 1 unspecified atom stereocenters. The van der Waals surface area contributed by atoms with Gasteiger partial charge in [0, 0.05) is 25.6 Å². The lowest BCUT2D eigenvalue weighted by molar-refractivity contribution is -0.128. The summed E-state index contributed by atoms with van der Waals surface area (Å²) in [7, 11) is 0. The molecule has 1 fully saturated rings. The number of nitrogens with one attached hydrogen (secondary N) is 1. The molecule has 1 saturated heterocycles. The van der Waals surface area contributed by atoms with E-state index >= 15 is 0 Å². The van der Waals surface area contributed by atoms with Crippen LogP contribution in [0.2, 0.25) is 0 Å². The number of aromatic nitrogens is 2. The third-order valence-electron chi connectivity index (χ3n) is 8.10. The van der Waals surface area contributed by atoms with Crippen molar-refractivity contribution in [3.05, 3.63) is 107 Å². The Morgan fingerprint density at radius 2 is 1.70 bits per heavy atom. The van der Waals surface area contributed by atoms with E-state index in [-0.39, 0.29) is 11.9 Å². The van der Waals surface area contributed by atoms with E-state index in [9.17, 15) is 4.79 Å². The Bertz CT molecular complexity index is 1400. The van der Waals surface area contributed by atoms with E-state index in [2.05, 4.69) is 66.2 Å².